The highest BCUT2D eigenvalue weighted by molar-refractivity contribution is 5.94. The van der Waals surface area contributed by atoms with E-state index in [4.69, 9.17) is 0 Å². The Bertz CT molecular complexity index is 861. The van der Waals surface area contributed by atoms with Gasteiger partial charge in [-0.25, -0.2) is 9.67 Å². The summed E-state index contributed by atoms with van der Waals surface area (Å²) in [4.78, 5) is 19.2. The molecule has 0 radical (unpaired) electrons. The Morgan fingerprint density at radius 2 is 1.96 bits per heavy atom. The van der Waals surface area contributed by atoms with Crippen molar-refractivity contribution in [1.82, 2.24) is 29.9 Å². The maximum Gasteiger partial charge on any atom is 0.256 e. The van der Waals surface area contributed by atoms with Crippen LogP contribution >= 0.6 is 0 Å². The van der Waals surface area contributed by atoms with Crippen molar-refractivity contribution in [2.24, 2.45) is 0 Å². The second-order valence-corrected chi connectivity index (χ2v) is 5.69. The van der Waals surface area contributed by atoms with Gasteiger partial charge in [-0.15, -0.1) is 0 Å². The summed E-state index contributed by atoms with van der Waals surface area (Å²) in [6.07, 6.45) is 3.02. The van der Waals surface area contributed by atoms with Crippen LogP contribution in [0.2, 0.25) is 0 Å². The van der Waals surface area contributed by atoms with E-state index in [-0.39, 0.29) is 11.9 Å². The summed E-state index contributed by atoms with van der Waals surface area (Å²) in [6.45, 7) is 3.19. The largest absolute Gasteiger partial charge is 0.327 e. The highest BCUT2D eigenvalue weighted by Crippen LogP contribution is 2.27. The third kappa shape index (κ3) is 2.44. The third-order valence-electron chi connectivity index (χ3n) is 4.22. The van der Waals surface area contributed by atoms with Crippen LogP contribution in [0.25, 0.3) is 11.4 Å². The van der Waals surface area contributed by atoms with E-state index in [1.807, 2.05) is 41.9 Å². The lowest BCUT2D eigenvalue weighted by Crippen LogP contribution is -2.41. The van der Waals surface area contributed by atoms with E-state index in [0.29, 0.717) is 24.5 Å². The highest BCUT2D eigenvalue weighted by atomic mass is 16.2. The molecule has 1 amide bonds. The Balaban J connectivity index is 1.64. The van der Waals surface area contributed by atoms with Crippen LogP contribution in [0, 0.1) is 0 Å². The second kappa shape index (κ2) is 5.84. The van der Waals surface area contributed by atoms with Gasteiger partial charge in [0.05, 0.1) is 30.5 Å². The number of fused-ring (bicyclic) bond motifs is 1. The number of hydrogen-bond acceptors (Lipinski definition) is 5. The van der Waals surface area contributed by atoms with Crippen LogP contribution in [0.15, 0.2) is 48.8 Å². The maximum absolute atomic E-state index is 12.7. The first-order chi connectivity index (χ1) is 11.7. The molecule has 7 nitrogen and oxygen atoms in total. The standard InChI is InChI=1S/C17H16N6O/c1-12-16-20-15(13-5-3-2-4-6-13)21-23(16)10-9-22(12)17(24)14-7-8-18-19-11-14/h2-8,11-12H,9-10H2,1H3/t12-/m0/s1. The van der Waals surface area contributed by atoms with Gasteiger partial charge >= 0.3 is 0 Å². The fourth-order valence-electron chi connectivity index (χ4n) is 2.93. The molecular weight excluding hydrogens is 304 g/mol. The fourth-order valence-corrected chi connectivity index (χ4v) is 2.93. The number of carbonyl (C=O) groups is 1. The minimum atomic E-state index is -0.149. The zero-order valence-electron chi connectivity index (χ0n) is 13.2. The monoisotopic (exact) mass is 320 g/mol. The summed E-state index contributed by atoms with van der Waals surface area (Å²) >= 11 is 0. The van der Waals surface area contributed by atoms with Crippen molar-refractivity contribution in [3.05, 3.63) is 60.2 Å². The smallest absolute Gasteiger partial charge is 0.256 e. The van der Waals surface area contributed by atoms with Crippen molar-refractivity contribution in [2.75, 3.05) is 6.54 Å². The van der Waals surface area contributed by atoms with E-state index in [9.17, 15) is 4.79 Å². The van der Waals surface area contributed by atoms with Crippen LogP contribution in [0.1, 0.15) is 29.1 Å². The molecule has 2 aromatic heterocycles. The van der Waals surface area contributed by atoms with Gasteiger partial charge in [-0.05, 0) is 13.0 Å². The van der Waals surface area contributed by atoms with E-state index in [1.54, 1.807) is 11.0 Å². The molecule has 4 rings (SSSR count). The molecule has 3 heterocycles. The first-order valence-corrected chi connectivity index (χ1v) is 7.82. The quantitative estimate of drug-likeness (QED) is 0.721. The zero-order valence-corrected chi connectivity index (χ0v) is 13.2. The van der Waals surface area contributed by atoms with E-state index in [0.717, 1.165) is 11.4 Å². The van der Waals surface area contributed by atoms with Gasteiger partial charge in [-0.2, -0.15) is 15.3 Å². The summed E-state index contributed by atoms with van der Waals surface area (Å²) in [6, 6.07) is 11.4. The fraction of sp³-hybridized carbons (Fsp3) is 0.235. The van der Waals surface area contributed by atoms with Crippen LogP contribution in [-0.4, -0.2) is 42.3 Å². The molecule has 3 aromatic rings. The second-order valence-electron chi connectivity index (χ2n) is 5.69. The lowest BCUT2D eigenvalue weighted by molar-refractivity contribution is 0.0630. The number of benzene rings is 1. The average Bonchev–Trinajstić information content (AvgIpc) is 3.08. The number of carbonyl (C=O) groups excluding carboxylic acids is 1. The molecule has 1 aromatic carbocycles. The molecule has 7 heteroatoms. The third-order valence-corrected chi connectivity index (χ3v) is 4.22. The molecule has 1 aliphatic heterocycles. The van der Waals surface area contributed by atoms with E-state index < -0.39 is 0 Å². The van der Waals surface area contributed by atoms with Gasteiger partial charge in [0.25, 0.3) is 5.91 Å². The molecule has 0 bridgehead atoms. The molecular formula is C17H16N6O. The van der Waals surface area contributed by atoms with Gasteiger partial charge in [0.15, 0.2) is 5.82 Å². The Hall–Kier alpha value is -3.09. The van der Waals surface area contributed by atoms with Gasteiger partial charge < -0.3 is 4.90 Å². The molecule has 0 unspecified atom stereocenters. The van der Waals surface area contributed by atoms with E-state index in [2.05, 4.69) is 20.3 Å². The summed E-state index contributed by atoms with van der Waals surface area (Å²) in [7, 11) is 0. The Morgan fingerprint density at radius 3 is 2.71 bits per heavy atom. The minimum absolute atomic E-state index is 0.0621. The first kappa shape index (κ1) is 14.5. The Kier molecular flexibility index (Phi) is 3.53. The summed E-state index contributed by atoms with van der Waals surface area (Å²) in [5.41, 5.74) is 1.51. The van der Waals surface area contributed by atoms with Gasteiger partial charge in [-0.3, -0.25) is 4.79 Å². The SMILES string of the molecule is C[C@H]1c2nc(-c3ccccc3)nn2CCN1C(=O)c1ccnnc1. The topological polar surface area (TPSA) is 76.8 Å². The number of hydrogen-bond donors (Lipinski definition) is 0. The Morgan fingerprint density at radius 1 is 1.12 bits per heavy atom. The van der Waals surface area contributed by atoms with Crippen molar-refractivity contribution in [3.8, 4) is 11.4 Å². The number of amides is 1. The molecule has 0 saturated heterocycles. The van der Waals surface area contributed by atoms with Crippen LogP contribution in [0.3, 0.4) is 0 Å². The molecule has 0 N–H and O–H groups in total. The molecule has 24 heavy (non-hydrogen) atoms. The average molecular weight is 320 g/mol. The van der Waals surface area contributed by atoms with Crippen LogP contribution in [-0.2, 0) is 6.54 Å². The van der Waals surface area contributed by atoms with Crippen molar-refractivity contribution >= 4 is 5.91 Å². The minimum Gasteiger partial charge on any atom is -0.327 e. The molecule has 0 saturated carbocycles. The van der Waals surface area contributed by atoms with Crippen molar-refractivity contribution in [1.29, 1.82) is 0 Å². The van der Waals surface area contributed by atoms with Crippen LogP contribution < -0.4 is 0 Å². The van der Waals surface area contributed by atoms with E-state index >= 15 is 0 Å². The summed E-state index contributed by atoms with van der Waals surface area (Å²) < 4.78 is 1.89. The number of aromatic nitrogens is 5. The van der Waals surface area contributed by atoms with Crippen LogP contribution in [0.4, 0.5) is 0 Å². The number of nitrogens with zero attached hydrogens (tertiary/aromatic N) is 6. The van der Waals surface area contributed by atoms with E-state index in [1.165, 1.54) is 12.4 Å². The number of rotatable bonds is 2. The predicted molar refractivity (Wildman–Crippen MR) is 86.9 cm³/mol. The van der Waals surface area contributed by atoms with Gasteiger partial charge in [0.2, 0.25) is 0 Å². The maximum atomic E-state index is 12.7. The van der Waals surface area contributed by atoms with Crippen molar-refractivity contribution in [3.63, 3.8) is 0 Å². The molecule has 1 aliphatic rings. The van der Waals surface area contributed by atoms with Gasteiger partial charge in [0, 0.05) is 12.1 Å². The normalized spacial score (nSPS) is 16.7. The van der Waals surface area contributed by atoms with Gasteiger partial charge in [0.1, 0.15) is 5.82 Å². The molecule has 1 atom stereocenters. The van der Waals surface area contributed by atoms with Crippen molar-refractivity contribution in [2.45, 2.75) is 19.5 Å². The summed E-state index contributed by atoms with van der Waals surface area (Å²) in [5.74, 6) is 1.43. The molecule has 0 aliphatic carbocycles. The Labute approximate surface area is 139 Å². The zero-order chi connectivity index (χ0) is 16.5. The first-order valence-electron chi connectivity index (χ1n) is 7.82. The molecule has 0 fully saturated rings. The lowest BCUT2D eigenvalue weighted by Gasteiger charge is -2.32. The highest BCUT2D eigenvalue weighted by Gasteiger charge is 2.31. The molecule has 120 valence electrons. The lowest BCUT2D eigenvalue weighted by atomic mass is 10.1. The molecule has 0 spiro atoms. The van der Waals surface area contributed by atoms with Crippen molar-refractivity contribution < 1.29 is 4.79 Å². The predicted octanol–water partition coefficient (Wildman–Crippen LogP) is 1.95. The van der Waals surface area contributed by atoms with Gasteiger partial charge in [-0.1, -0.05) is 30.3 Å². The van der Waals surface area contributed by atoms with Crippen LogP contribution in [0.5, 0.6) is 0 Å². The summed E-state index contributed by atoms with van der Waals surface area (Å²) in [5, 5.41) is 12.1.